The summed E-state index contributed by atoms with van der Waals surface area (Å²) in [5.74, 6) is 0.0576. The van der Waals surface area contributed by atoms with Gasteiger partial charge in [-0.15, -0.1) is 0 Å². The van der Waals surface area contributed by atoms with Crippen LogP contribution in [0.1, 0.15) is 17.5 Å². The molecule has 1 aliphatic carbocycles. The Kier molecular flexibility index (Phi) is 3.16. The van der Waals surface area contributed by atoms with Crippen LogP contribution in [0.5, 0.6) is 0 Å². The van der Waals surface area contributed by atoms with Crippen LogP contribution in [0, 0.1) is 0 Å². The largest absolute Gasteiger partial charge is 0.357 e. The molecule has 5 rings (SSSR count). The van der Waals surface area contributed by atoms with Gasteiger partial charge in [0.1, 0.15) is 6.10 Å². The van der Waals surface area contributed by atoms with Crippen LogP contribution in [-0.4, -0.2) is 18.0 Å². The molecule has 25 heavy (non-hydrogen) atoms. The lowest BCUT2D eigenvalue weighted by molar-refractivity contribution is -0.130. The second-order valence-corrected chi connectivity index (χ2v) is 6.78. The second kappa shape index (κ2) is 5.40. The zero-order chi connectivity index (χ0) is 16.9. The maximum atomic E-state index is 12.4. The normalized spacial score (nSPS) is 26.0. The molecular weight excluding hydrogens is 308 g/mol. The molecule has 2 nitrogen and oxygen atoms in total. The Morgan fingerprint density at radius 2 is 1.52 bits per heavy atom. The molecule has 2 aromatic rings. The van der Waals surface area contributed by atoms with Crippen molar-refractivity contribution in [3.63, 3.8) is 0 Å². The molecule has 0 spiro atoms. The number of hydrogen-bond acceptors (Lipinski definition) is 2. The topological polar surface area (TPSA) is 26.3 Å². The van der Waals surface area contributed by atoms with Crippen molar-refractivity contribution >= 4 is 5.78 Å². The van der Waals surface area contributed by atoms with Crippen molar-refractivity contribution in [2.24, 2.45) is 0 Å². The summed E-state index contributed by atoms with van der Waals surface area (Å²) in [5.41, 5.74) is 4.31. The van der Waals surface area contributed by atoms with Crippen LogP contribution in [0.25, 0.3) is 0 Å². The van der Waals surface area contributed by atoms with E-state index in [-0.39, 0.29) is 11.9 Å². The molecule has 2 heterocycles. The van der Waals surface area contributed by atoms with Gasteiger partial charge in [-0.25, -0.2) is 0 Å². The van der Waals surface area contributed by atoms with Crippen molar-refractivity contribution in [3.8, 4) is 0 Å². The number of fused-ring (bicyclic) bond motifs is 3. The van der Waals surface area contributed by atoms with Gasteiger partial charge < -0.3 is 4.74 Å². The highest BCUT2D eigenvalue weighted by molar-refractivity contribution is 5.98. The van der Waals surface area contributed by atoms with Gasteiger partial charge in [0, 0.05) is 0 Å². The Morgan fingerprint density at radius 3 is 2.16 bits per heavy atom. The van der Waals surface area contributed by atoms with E-state index in [1.807, 2.05) is 18.2 Å². The summed E-state index contributed by atoms with van der Waals surface area (Å²) >= 11 is 0. The van der Waals surface area contributed by atoms with E-state index in [1.54, 1.807) is 6.08 Å². The van der Waals surface area contributed by atoms with Gasteiger partial charge in [0.15, 0.2) is 5.78 Å². The smallest absolute Gasteiger partial charge is 0.188 e. The van der Waals surface area contributed by atoms with Gasteiger partial charge in [-0.3, -0.25) is 4.79 Å². The third kappa shape index (κ3) is 1.92. The number of carbonyl (C=O) groups is 1. The molecule has 0 radical (unpaired) electrons. The first-order valence-corrected chi connectivity index (χ1v) is 8.70. The number of benzene rings is 2. The number of allylic oxidation sites excluding steroid dienone is 2. The van der Waals surface area contributed by atoms with E-state index in [9.17, 15) is 4.79 Å². The Morgan fingerprint density at radius 1 is 0.880 bits per heavy atom. The van der Waals surface area contributed by atoms with E-state index in [4.69, 9.17) is 4.74 Å². The molecule has 0 saturated heterocycles. The Labute approximate surface area is 147 Å². The van der Waals surface area contributed by atoms with Gasteiger partial charge in [-0.1, -0.05) is 78.9 Å². The van der Waals surface area contributed by atoms with Crippen LogP contribution < -0.4 is 0 Å². The molecular formula is C23H18O2. The number of ketones is 1. The lowest BCUT2D eigenvalue weighted by atomic mass is 9.62. The summed E-state index contributed by atoms with van der Waals surface area (Å²) in [6, 6.07) is 21.0. The van der Waals surface area contributed by atoms with Gasteiger partial charge in [0.05, 0.1) is 11.5 Å². The van der Waals surface area contributed by atoms with Crippen molar-refractivity contribution < 1.29 is 9.53 Å². The fourth-order valence-electron chi connectivity index (χ4n) is 4.54. The molecule has 2 atom stereocenters. The van der Waals surface area contributed by atoms with Crippen molar-refractivity contribution in [2.75, 3.05) is 0 Å². The van der Waals surface area contributed by atoms with Crippen LogP contribution in [0.4, 0.5) is 0 Å². The highest BCUT2D eigenvalue weighted by Crippen LogP contribution is 2.53. The molecule has 0 amide bonds. The first-order valence-electron chi connectivity index (χ1n) is 8.70. The molecule has 0 aromatic heterocycles. The Bertz CT molecular complexity index is 880. The van der Waals surface area contributed by atoms with Gasteiger partial charge in [-0.05, 0) is 34.8 Å². The molecule has 2 heteroatoms. The molecule has 2 bridgehead atoms. The predicted octanol–water partition coefficient (Wildman–Crippen LogP) is 4.14. The summed E-state index contributed by atoms with van der Waals surface area (Å²) < 4.78 is 6.34. The summed E-state index contributed by atoms with van der Waals surface area (Å²) in [5, 5.41) is 0. The molecule has 2 aromatic carbocycles. The number of ether oxygens (including phenoxy) is 1. The van der Waals surface area contributed by atoms with Crippen LogP contribution in [0.15, 0.2) is 96.1 Å². The maximum Gasteiger partial charge on any atom is 0.188 e. The second-order valence-electron chi connectivity index (χ2n) is 6.78. The zero-order valence-electron chi connectivity index (χ0n) is 13.8. The Balaban J connectivity index is 1.87. The van der Waals surface area contributed by atoms with E-state index in [0.29, 0.717) is 0 Å². The van der Waals surface area contributed by atoms with Crippen molar-refractivity contribution in [1.82, 2.24) is 0 Å². The fraction of sp³-hybridized carbons (Fsp3) is 0.174. The summed E-state index contributed by atoms with van der Waals surface area (Å²) in [6.45, 7) is 0. The molecule has 3 aliphatic rings. The summed E-state index contributed by atoms with van der Waals surface area (Å²) in [7, 11) is 0. The highest BCUT2D eigenvalue weighted by atomic mass is 16.5. The monoisotopic (exact) mass is 326 g/mol. The highest BCUT2D eigenvalue weighted by Gasteiger charge is 2.53. The minimum absolute atomic E-state index is 0.0576. The number of rotatable bonds is 2. The van der Waals surface area contributed by atoms with Gasteiger partial charge in [0.2, 0.25) is 0 Å². The molecule has 0 fully saturated rings. The predicted molar refractivity (Wildman–Crippen MR) is 97.3 cm³/mol. The zero-order valence-corrected chi connectivity index (χ0v) is 13.8. The van der Waals surface area contributed by atoms with Gasteiger partial charge in [0.25, 0.3) is 0 Å². The van der Waals surface area contributed by atoms with E-state index in [2.05, 4.69) is 60.7 Å². The maximum absolute atomic E-state index is 12.4. The van der Waals surface area contributed by atoms with E-state index < -0.39 is 11.5 Å². The Hall–Kier alpha value is -2.71. The summed E-state index contributed by atoms with van der Waals surface area (Å²) in [4.78, 5) is 12.4. The first-order chi connectivity index (χ1) is 12.3. The average molecular weight is 326 g/mol. The first kappa shape index (κ1) is 14.6. The molecule has 0 N–H and O–H groups in total. The van der Waals surface area contributed by atoms with E-state index in [1.165, 1.54) is 16.7 Å². The molecule has 0 unspecified atom stereocenters. The third-order valence-electron chi connectivity index (χ3n) is 5.57. The lowest BCUT2D eigenvalue weighted by Gasteiger charge is -2.48. The van der Waals surface area contributed by atoms with Gasteiger partial charge >= 0.3 is 0 Å². The third-order valence-corrected chi connectivity index (χ3v) is 5.57. The minimum Gasteiger partial charge on any atom is -0.357 e. The number of carbonyl (C=O) groups excluding carboxylic acids is 1. The molecule has 2 aliphatic heterocycles. The van der Waals surface area contributed by atoms with Crippen LogP contribution in [0.2, 0.25) is 0 Å². The van der Waals surface area contributed by atoms with Gasteiger partial charge in [-0.2, -0.15) is 0 Å². The van der Waals surface area contributed by atoms with E-state index >= 15 is 0 Å². The summed E-state index contributed by atoms with van der Waals surface area (Å²) in [6.07, 6.45) is 8.17. The number of hydrogen-bond donors (Lipinski definition) is 0. The fourth-order valence-corrected chi connectivity index (χ4v) is 4.54. The van der Waals surface area contributed by atoms with Crippen molar-refractivity contribution in [1.29, 1.82) is 0 Å². The standard InChI is InChI=1S/C23H18O2/c24-20-14-15-21-23(16-8-3-1-4-9-16,17-10-5-2-6-11-17)19-13-7-12-18(19)22(20)25-21/h1-11,13-15,21-22H,12H2/t21-,22-/m1/s1. The SMILES string of the molecule is O=C1C=C[C@H]2O[C@@H]1C1=C(C=CC1)C2(c1ccccc1)c1ccccc1. The van der Waals surface area contributed by atoms with Crippen molar-refractivity contribution in [2.45, 2.75) is 24.0 Å². The molecule has 122 valence electrons. The molecule has 0 saturated carbocycles. The minimum atomic E-state index is -0.430. The van der Waals surface area contributed by atoms with Crippen LogP contribution in [0.3, 0.4) is 0 Å². The quantitative estimate of drug-likeness (QED) is 0.829. The van der Waals surface area contributed by atoms with Crippen molar-refractivity contribution in [3.05, 3.63) is 107 Å². The lowest BCUT2D eigenvalue weighted by Crippen LogP contribution is -2.52. The average Bonchev–Trinajstić information content (AvgIpc) is 3.16. The van der Waals surface area contributed by atoms with Crippen LogP contribution >= 0.6 is 0 Å². The van der Waals surface area contributed by atoms with Crippen LogP contribution in [-0.2, 0) is 14.9 Å². The van der Waals surface area contributed by atoms with E-state index in [0.717, 1.165) is 12.0 Å².